The van der Waals surface area contributed by atoms with E-state index in [0.29, 0.717) is 6.54 Å². The van der Waals surface area contributed by atoms with Crippen LogP contribution >= 0.6 is 0 Å². The fourth-order valence-electron chi connectivity index (χ4n) is 1.77. The first-order chi connectivity index (χ1) is 8.56. The Kier molecular flexibility index (Phi) is 3.32. The van der Waals surface area contributed by atoms with Gasteiger partial charge in [-0.15, -0.1) is 0 Å². The van der Waals surface area contributed by atoms with Gasteiger partial charge in [0, 0.05) is 36.2 Å². The lowest BCUT2D eigenvalue weighted by atomic mass is 10.2. The maximum Gasteiger partial charge on any atom is 0.305 e. The summed E-state index contributed by atoms with van der Waals surface area (Å²) in [6, 6.07) is 8.84. The van der Waals surface area contributed by atoms with Crippen molar-refractivity contribution in [2.45, 2.75) is 6.42 Å². The first-order valence-corrected chi connectivity index (χ1v) is 5.62. The van der Waals surface area contributed by atoms with Crippen LogP contribution < -0.4 is 10.5 Å². The van der Waals surface area contributed by atoms with Crippen LogP contribution in [0.25, 0.3) is 10.9 Å². The van der Waals surface area contributed by atoms with Crippen molar-refractivity contribution in [2.75, 3.05) is 18.5 Å². The minimum atomic E-state index is -0.813. The third-order valence-corrected chi connectivity index (χ3v) is 2.81. The van der Waals surface area contributed by atoms with Crippen molar-refractivity contribution >= 4 is 22.6 Å². The van der Waals surface area contributed by atoms with Gasteiger partial charge in [0.25, 0.3) is 0 Å². The van der Waals surface area contributed by atoms with Gasteiger partial charge < -0.3 is 15.0 Å². The van der Waals surface area contributed by atoms with Crippen molar-refractivity contribution in [2.24, 2.45) is 0 Å². The van der Waals surface area contributed by atoms with Crippen molar-refractivity contribution in [1.82, 2.24) is 4.98 Å². The van der Waals surface area contributed by atoms with Gasteiger partial charge in [-0.05, 0) is 24.3 Å². The number of carboxylic acid groups (broad SMARTS) is 1. The number of anilines is 1. The molecule has 0 atom stereocenters. The average Bonchev–Trinajstić information content (AvgIpc) is 2.35. The number of aromatic amines is 1. The first-order valence-electron chi connectivity index (χ1n) is 5.62. The molecule has 0 bridgehead atoms. The van der Waals surface area contributed by atoms with Gasteiger partial charge in [-0.25, -0.2) is 0 Å². The molecule has 0 radical (unpaired) electrons. The van der Waals surface area contributed by atoms with Crippen LogP contribution in [0.1, 0.15) is 6.42 Å². The molecule has 0 aliphatic carbocycles. The molecule has 18 heavy (non-hydrogen) atoms. The maximum atomic E-state index is 11.1. The highest BCUT2D eigenvalue weighted by Gasteiger charge is 2.05. The molecule has 0 saturated heterocycles. The molecule has 1 aromatic heterocycles. The Balaban J connectivity index is 2.26. The lowest BCUT2D eigenvalue weighted by Gasteiger charge is -2.18. The second-order valence-electron chi connectivity index (χ2n) is 4.16. The van der Waals surface area contributed by atoms with E-state index in [1.165, 1.54) is 6.07 Å². The molecular formula is C13H14N2O3. The summed E-state index contributed by atoms with van der Waals surface area (Å²) in [6.45, 7) is 0.449. The molecule has 5 heteroatoms. The standard InChI is InChI=1S/C13H14N2O3/c1-15(7-6-13(17)18)10-3-4-11-9(8-10)2-5-12(16)14-11/h2-5,8H,6-7H2,1H3,(H,14,16)(H,17,18). The van der Waals surface area contributed by atoms with Crippen molar-refractivity contribution in [3.8, 4) is 0 Å². The average molecular weight is 246 g/mol. The molecule has 5 nitrogen and oxygen atoms in total. The van der Waals surface area contributed by atoms with Gasteiger partial charge in [-0.1, -0.05) is 0 Å². The van der Waals surface area contributed by atoms with E-state index in [9.17, 15) is 9.59 Å². The quantitative estimate of drug-likeness (QED) is 0.856. The summed E-state index contributed by atoms with van der Waals surface area (Å²) < 4.78 is 0. The molecule has 2 N–H and O–H groups in total. The minimum absolute atomic E-state index is 0.0974. The first kappa shape index (κ1) is 12.2. The second-order valence-corrected chi connectivity index (χ2v) is 4.16. The van der Waals surface area contributed by atoms with Crippen LogP contribution in [-0.4, -0.2) is 29.7 Å². The van der Waals surface area contributed by atoms with Gasteiger partial charge in [0.2, 0.25) is 5.56 Å². The van der Waals surface area contributed by atoms with Crippen LogP contribution in [0.2, 0.25) is 0 Å². The van der Waals surface area contributed by atoms with Crippen LogP contribution in [0, 0.1) is 0 Å². The predicted molar refractivity (Wildman–Crippen MR) is 70.1 cm³/mol. The van der Waals surface area contributed by atoms with E-state index >= 15 is 0 Å². The molecular weight excluding hydrogens is 232 g/mol. The van der Waals surface area contributed by atoms with E-state index < -0.39 is 5.97 Å². The highest BCUT2D eigenvalue weighted by atomic mass is 16.4. The van der Waals surface area contributed by atoms with E-state index in [-0.39, 0.29) is 12.0 Å². The molecule has 2 aromatic rings. The number of hydrogen-bond acceptors (Lipinski definition) is 3. The number of carboxylic acids is 1. The molecule has 0 fully saturated rings. The van der Waals surface area contributed by atoms with E-state index in [0.717, 1.165) is 16.6 Å². The number of pyridine rings is 1. The number of benzene rings is 1. The van der Waals surface area contributed by atoms with E-state index in [4.69, 9.17) is 5.11 Å². The Morgan fingerprint density at radius 1 is 1.33 bits per heavy atom. The molecule has 0 aliphatic heterocycles. The van der Waals surface area contributed by atoms with E-state index in [1.54, 1.807) is 6.07 Å². The summed E-state index contributed by atoms with van der Waals surface area (Å²) in [7, 11) is 1.84. The molecule has 0 saturated carbocycles. The zero-order valence-electron chi connectivity index (χ0n) is 10.0. The Hall–Kier alpha value is -2.30. The van der Waals surface area contributed by atoms with Gasteiger partial charge in [0.1, 0.15) is 0 Å². The molecule has 0 spiro atoms. The van der Waals surface area contributed by atoms with Crippen LogP contribution in [-0.2, 0) is 4.79 Å². The highest BCUT2D eigenvalue weighted by molar-refractivity contribution is 5.82. The highest BCUT2D eigenvalue weighted by Crippen LogP contribution is 2.19. The van der Waals surface area contributed by atoms with Crippen LogP contribution in [0.5, 0.6) is 0 Å². The molecule has 94 valence electrons. The normalized spacial score (nSPS) is 10.5. The SMILES string of the molecule is CN(CCC(=O)O)c1ccc2[nH]c(=O)ccc2c1. The Morgan fingerprint density at radius 2 is 2.11 bits per heavy atom. The molecule has 1 aromatic carbocycles. The third kappa shape index (κ3) is 2.68. The summed E-state index contributed by atoms with van der Waals surface area (Å²) >= 11 is 0. The summed E-state index contributed by atoms with van der Waals surface area (Å²) in [5.41, 5.74) is 1.57. The van der Waals surface area contributed by atoms with Crippen molar-refractivity contribution in [3.63, 3.8) is 0 Å². The lowest BCUT2D eigenvalue weighted by Crippen LogP contribution is -2.20. The zero-order chi connectivity index (χ0) is 13.1. The molecule has 0 amide bonds. The summed E-state index contributed by atoms with van der Waals surface area (Å²) in [4.78, 5) is 26.3. The van der Waals surface area contributed by atoms with E-state index in [1.807, 2.05) is 30.1 Å². The third-order valence-electron chi connectivity index (χ3n) is 2.81. The fraction of sp³-hybridized carbons (Fsp3) is 0.231. The predicted octanol–water partition coefficient (Wildman–Crippen LogP) is 1.44. The Morgan fingerprint density at radius 3 is 2.83 bits per heavy atom. The largest absolute Gasteiger partial charge is 0.481 e. The smallest absolute Gasteiger partial charge is 0.305 e. The topological polar surface area (TPSA) is 73.4 Å². The van der Waals surface area contributed by atoms with Gasteiger partial charge in [-0.2, -0.15) is 0 Å². The summed E-state index contributed by atoms with van der Waals surface area (Å²) in [6.07, 6.45) is 0.0974. The van der Waals surface area contributed by atoms with Gasteiger partial charge in [-0.3, -0.25) is 9.59 Å². The number of aromatic nitrogens is 1. The number of hydrogen-bond donors (Lipinski definition) is 2. The van der Waals surface area contributed by atoms with Gasteiger partial charge in [0.05, 0.1) is 6.42 Å². The molecule has 1 heterocycles. The van der Waals surface area contributed by atoms with Gasteiger partial charge in [0.15, 0.2) is 0 Å². The molecule has 0 unspecified atom stereocenters. The monoisotopic (exact) mass is 246 g/mol. The van der Waals surface area contributed by atoms with Crippen LogP contribution in [0.4, 0.5) is 5.69 Å². The number of carbonyl (C=O) groups is 1. The number of fused-ring (bicyclic) bond motifs is 1. The van der Waals surface area contributed by atoms with Crippen molar-refractivity contribution in [1.29, 1.82) is 0 Å². The van der Waals surface area contributed by atoms with Crippen molar-refractivity contribution < 1.29 is 9.90 Å². The summed E-state index contributed by atoms with van der Waals surface area (Å²) in [5.74, 6) is -0.813. The van der Waals surface area contributed by atoms with Crippen LogP contribution in [0.3, 0.4) is 0 Å². The molecule has 2 rings (SSSR count). The fourth-order valence-corrected chi connectivity index (χ4v) is 1.77. The summed E-state index contributed by atoms with van der Waals surface area (Å²) in [5, 5.41) is 9.57. The number of rotatable bonds is 4. The number of H-pyrrole nitrogens is 1. The number of nitrogens with one attached hydrogen (secondary N) is 1. The second kappa shape index (κ2) is 4.91. The number of nitrogens with zero attached hydrogens (tertiary/aromatic N) is 1. The van der Waals surface area contributed by atoms with Crippen molar-refractivity contribution in [3.05, 3.63) is 40.7 Å². The maximum absolute atomic E-state index is 11.1. The van der Waals surface area contributed by atoms with Gasteiger partial charge >= 0.3 is 5.97 Å². The Bertz CT molecular complexity index is 633. The Labute approximate surface area is 104 Å². The molecule has 0 aliphatic rings. The lowest BCUT2D eigenvalue weighted by molar-refractivity contribution is -0.136. The van der Waals surface area contributed by atoms with E-state index in [2.05, 4.69) is 4.98 Å². The van der Waals surface area contributed by atoms with Crippen LogP contribution in [0.15, 0.2) is 35.1 Å². The number of aliphatic carboxylic acids is 1. The minimum Gasteiger partial charge on any atom is -0.481 e. The zero-order valence-corrected chi connectivity index (χ0v) is 10.0.